The minimum Gasteiger partial charge on any atom is -0.338 e. The molecule has 6 heteroatoms. The normalized spacial score (nSPS) is 18.5. The molecule has 0 spiro atoms. The van der Waals surface area contributed by atoms with Gasteiger partial charge in [-0.15, -0.1) is 0 Å². The molecule has 186 valence electrons. The van der Waals surface area contributed by atoms with E-state index in [1.54, 1.807) is 0 Å². The van der Waals surface area contributed by atoms with Crippen molar-refractivity contribution in [1.82, 2.24) is 15.3 Å². The summed E-state index contributed by atoms with van der Waals surface area (Å²) in [7, 11) is 0. The van der Waals surface area contributed by atoms with Crippen LogP contribution in [0.3, 0.4) is 0 Å². The summed E-state index contributed by atoms with van der Waals surface area (Å²) in [5.74, 6) is 1.15. The number of imidazole rings is 1. The molecule has 0 bridgehead atoms. The van der Waals surface area contributed by atoms with Gasteiger partial charge in [-0.3, -0.25) is 9.59 Å². The Bertz CT molecular complexity index is 1200. The van der Waals surface area contributed by atoms with Crippen molar-refractivity contribution in [3.8, 4) is 11.4 Å². The van der Waals surface area contributed by atoms with Crippen LogP contribution in [0.4, 0.5) is 5.69 Å². The largest absolute Gasteiger partial charge is 0.338 e. The van der Waals surface area contributed by atoms with Gasteiger partial charge in [-0.25, -0.2) is 4.98 Å². The zero-order chi connectivity index (χ0) is 24.8. The summed E-state index contributed by atoms with van der Waals surface area (Å²) in [5.41, 5.74) is 3.36. The number of hydrogen-bond acceptors (Lipinski definition) is 3. The van der Waals surface area contributed by atoms with Crippen molar-refractivity contribution in [2.24, 2.45) is 11.8 Å². The number of benzene rings is 1. The van der Waals surface area contributed by atoms with Gasteiger partial charge < -0.3 is 15.6 Å². The zero-order valence-corrected chi connectivity index (χ0v) is 21.1. The highest BCUT2D eigenvalue weighted by Gasteiger charge is 2.22. The number of amides is 2. The number of aryl methyl sites for hydroxylation is 1. The number of aromatic nitrogens is 2. The van der Waals surface area contributed by atoms with Crippen molar-refractivity contribution >= 4 is 29.7 Å². The highest BCUT2D eigenvalue weighted by Crippen LogP contribution is 2.27. The van der Waals surface area contributed by atoms with Gasteiger partial charge in [-0.2, -0.15) is 0 Å². The lowest BCUT2D eigenvalue weighted by molar-refractivity contribution is -0.125. The molecule has 0 aliphatic heterocycles. The van der Waals surface area contributed by atoms with E-state index >= 15 is 0 Å². The first-order valence-corrected chi connectivity index (χ1v) is 13.1. The molecular formula is C29H38N4O2. The highest BCUT2D eigenvalue weighted by atomic mass is 16.2. The fraction of sp³-hybridized carbons (Fsp3) is 0.483. The SMILES string of the molecule is C=C(/C=c1/[nH]c(-c2ccc(NC(=O)C3CCCCC3)c(C)c2)n/c1=C/C)NC(=O)C1CCCCC1. The van der Waals surface area contributed by atoms with Crippen LogP contribution in [0.15, 0.2) is 30.5 Å². The maximum Gasteiger partial charge on any atom is 0.227 e. The lowest BCUT2D eigenvalue weighted by Gasteiger charge is -2.21. The molecule has 4 rings (SSSR count). The third-order valence-electron chi connectivity index (χ3n) is 7.35. The second kappa shape index (κ2) is 11.5. The minimum absolute atomic E-state index is 0.0641. The molecule has 0 unspecified atom stereocenters. The van der Waals surface area contributed by atoms with Crippen LogP contribution in [0.5, 0.6) is 0 Å². The smallest absolute Gasteiger partial charge is 0.227 e. The van der Waals surface area contributed by atoms with Gasteiger partial charge in [0.25, 0.3) is 0 Å². The topological polar surface area (TPSA) is 86.9 Å². The van der Waals surface area contributed by atoms with E-state index in [9.17, 15) is 9.59 Å². The molecule has 2 amide bonds. The molecule has 0 saturated heterocycles. The molecule has 1 aromatic heterocycles. The van der Waals surface area contributed by atoms with Crippen LogP contribution in [-0.2, 0) is 9.59 Å². The summed E-state index contributed by atoms with van der Waals surface area (Å²) in [6.45, 7) is 7.99. The third-order valence-corrected chi connectivity index (χ3v) is 7.35. The first-order valence-electron chi connectivity index (χ1n) is 13.1. The summed E-state index contributed by atoms with van der Waals surface area (Å²) in [5, 5.41) is 7.71. The van der Waals surface area contributed by atoms with E-state index in [1.165, 1.54) is 12.8 Å². The number of aromatic amines is 1. The van der Waals surface area contributed by atoms with Crippen molar-refractivity contribution in [3.63, 3.8) is 0 Å². The Hall–Kier alpha value is -3.15. The van der Waals surface area contributed by atoms with Gasteiger partial charge in [0.15, 0.2) is 0 Å². The standard InChI is InChI=1S/C29H38N4O2/c1-4-24-26(18-20(3)30-28(34)21-11-7-5-8-12-21)32-27(31-24)23-15-16-25(19(2)17-23)33-29(35)22-13-9-6-10-14-22/h4,15-18,21-22H,3,5-14H2,1-2H3,(H,30,34)(H,31,32)(H,33,35)/b24-4+,26-18+. The van der Waals surface area contributed by atoms with Gasteiger partial charge in [0, 0.05) is 28.8 Å². The van der Waals surface area contributed by atoms with E-state index in [4.69, 9.17) is 4.98 Å². The number of nitrogens with one attached hydrogen (secondary N) is 3. The van der Waals surface area contributed by atoms with Crippen molar-refractivity contribution in [2.75, 3.05) is 5.32 Å². The molecule has 1 aromatic carbocycles. The van der Waals surface area contributed by atoms with E-state index in [2.05, 4.69) is 22.2 Å². The maximum atomic E-state index is 12.7. The number of rotatable bonds is 6. The van der Waals surface area contributed by atoms with Crippen molar-refractivity contribution in [3.05, 3.63) is 46.7 Å². The number of carbonyl (C=O) groups excluding carboxylic acids is 2. The Labute approximate surface area is 208 Å². The molecule has 2 aliphatic rings. The summed E-state index contributed by atoms with van der Waals surface area (Å²) in [6.07, 6.45) is 14.6. The van der Waals surface area contributed by atoms with Gasteiger partial charge in [0.1, 0.15) is 5.82 Å². The predicted molar refractivity (Wildman–Crippen MR) is 142 cm³/mol. The van der Waals surface area contributed by atoms with Crippen LogP contribution in [-0.4, -0.2) is 21.8 Å². The number of H-pyrrole nitrogens is 1. The average Bonchev–Trinajstić information content (AvgIpc) is 3.28. The van der Waals surface area contributed by atoms with Gasteiger partial charge >= 0.3 is 0 Å². The van der Waals surface area contributed by atoms with E-state index in [1.807, 2.05) is 44.2 Å². The van der Waals surface area contributed by atoms with E-state index in [0.717, 1.165) is 84.7 Å². The minimum atomic E-state index is 0.0641. The average molecular weight is 475 g/mol. The second-order valence-electron chi connectivity index (χ2n) is 10.0. The Kier molecular flexibility index (Phi) is 8.21. The summed E-state index contributed by atoms with van der Waals surface area (Å²) in [4.78, 5) is 33.4. The molecule has 2 aliphatic carbocycles. The van der Waals surface area contributed by atoms with Crippen LogP contribution in [0.25, 0.3) is 23.5 Å². The van der Waals surface area contributed by atoms with Crippen molar-refractivity contribution < 1.29 is 9.59 Å². The Morgan fingerprint density at radius 3 is 2.23 bits per heavy atom. The Morgan fingerprint density at radius 2 is 1.63 bits per heavy atom. The Morgan fingerprint density at radius 1 is 1.00 bits per heavy atom. The lowest BCUT2D eigenvalue weighted by atomic mass is 9.88. The van der Waals surface area contributed by atoms with E-state index < -0.39 is 0 Å². The molecule has 0 atom stereocenters. The van der Waals surface area contributed by atoms with Gasteiger partial charge in [-0.1, -0.05) is 51.2 Å². The van der Waals surface area contributed by atoms with Crippen LogP contribution < -0.4 is 21.3 Å². The predicted octanol–water partition coefficient (Wildman–Crippen LogP) is 4.70. The van der Waals surface area contributed by atoms with Gasteiger partial charge in [0.2, 0.25) is 11.8 Å². The second-order valence-corrected chi connectivity index (χ2v) is 10.0. The maximum absolute atomic E-state index is 12.7. The van der Waals surface area contributed by atoms with Crippen LogP contribution in [0, 0.1) is 18.8 Å². The molecule has 2 fully saturated rings. The summed E-state index contributed by atoms with van der Waals surface area (Å²) in [6, 6.07) is 5.97. The van der Waals surface area contributed by atoms with Crippen molar-refractivity contribution in [2.45, 2.75) is 78.1 Å². The molecular weight excluding hydrogens is 436 g/mol. The number of anilines is 1. The quantitative estimate of drug-likeness (QED) is 0.567. The first kappa shape index (κ1) is 25.0. The summed E-state index contributed by atoms with van der Waals surface area (Å²) < 4.78 is 0. The third kappa shape index (κ3) is 6.30. The van der Waals surface area contributed by atoms with Crippen LogP contribution in [0.2, 0.25) is 0 Å². The van der Waals surface area contributed by atoms with Gasteiger partial charge in [0.05, 0.1) is 10.7 Å². The van der Waals surface area contributed by atoms with Gasteiger partial charge in [-0.05, 0) is 69.4 Å². The van der Waals surface area contributed by atoms with E-state index in [0.29, 0.717) is 5.70 Å². The van der Waals surface area contributed by atoms with E-state index in [-0.39, 0.29) is 23.7 Å². The van der Waals surface area contributed by atoms with Crippen LogP contribution in [0.1, 0.15) is 76.7 Å². The summed E-state index contributed by atoms with van der Waals surface area (Å²) >= 11 is 0. The number of hydrogen-bond donors (Lipinski definition) is 3. The lowest BCUT2D eigenvalue weighted by Crippen LogP contribution is -2.32. The van der Waals surface area contributed by atoms with Crippen LogP contribution >= 0.6 is 0 Å². The number of allylic oxidation sites excluding steroid dienone is 1. The molecule has 2 aromatic rings. The highest BCUT2D eigenvalue weighted by molar-refractivity contribution is 5.93. The molecule has 0 radical (unpaired) electrons. The number of nitrogens with zero attached hydrogens (tertiary/aromatic N) is 1. The molecule has 3 N–H and O–H groups in total. The fourth-order valence-corrected chi connectivity index (χ4v) is 5.25. The first-order chi connectivity index (χ1) is 16.9. The monoisotopic (exact) mass is 474 g/mol. The number of carbonyl (C=O) groups is 2. The zero-order valence-electron chi connectivity index (χ0n) is 21.1. The molecule has 35 heavy (non-hydrogen) atoms. The Balaban J connectivity index is 1.48. The molecule has 2 saturated carbocycles. The fourth-order valence-electron chi connectivity index (χ4n) is 5.25. The molecule has 6 nitrogen and oxygen atoms in total. The van der Waals surface area contributed by atoms with Crippen molar-refractivity contribution in [1.29, 1.82) is 0 Å². The molecule has 1 heterocycles.